The Hall–Kier alpha value is -2.60. The fourth-order valence-corrected chi connectivity index (χ4v) is 2.46. The Labute approximate surface area is 162 Å². The summed E-state index contributed by atoms with van der Waals surface area (Å²) in [6, 6.07) is 12.1. The first-order valence-corrected chi connectivity index (χ1v) is 9.45. The van der Waals surface area contributed by atoms with Crippen LogP contribution in [0, 0.1) is 6.92 Å². The molecule has 0 unspecified atom stereocenters. The summed E-state index contributed by atoms with van der Waals surface area (Å²) in [5.74, 6) is 1.61. The number of ether oxygens (including phenoxy) is 2. The van der Waals surface area contributed by atoms with Crippen LogP contribution in [0.2, 0.25) is 0 Å². The standard InChI is InChI=1S/C21H30N4O2/c1-4-22-21(25-16-19-8-6-7-11-23-19)24-15-18-10-9-17(3)14-20(18)27-13-12-26-5-2/h6-11,14H,4-5,12-13,15-16H2,1-3H3,(H2,22,24,25). The molecule has 0 aliphatic heterocycles. The monoisotopic (exact) mass is 370 g/mol. The van der Waals surface area contributed by atoms with Crippen molar-refractivity contribution < 1.29 is 9.47 Å². The lowest BCUT2D eigenvalue weighted by molar-refractivity contribution is 0.110. The van der Waals surface area contributed by atoms with Gasteiger partial charge in [-0.05, 0) is 44.5 Å². The molecular formula is C21H30N4O2. The summed E-state index contributed by atoms with van der Waals surface area (Å²) >= 11 is 0. The van der Waals surface area contributed by atoms with Crippen molar-refractivity contribution in [2.24, 2.45) is 4.99 Å². The SMILES string of the molecule is CCNC(=NCc1ccc(C)cc1OCCOCC)NCc1ccccn1. The number of hydrogen-bond acceptors (Lipinski definition) is 4. The molecule has 0 aliphatic rings. The zero-order valence-electron chi connectivity index (χ0n) is 16.5. The van der Waals surface area contributed by atoms with Gasteiger partial charge in [0.15, 0.2) is 5.96 Å². The van der Waals surface area contributed by atoms with E-state index in [4.69, 9.17) is 9.47 Å². The van der Waals surface area contributed by atoms with Crippen molar-refractivity contribution in [3.05, 3.63) is 59.4 Å². The summed E-state index contributed by atoms with van der Waals surface area (Å²) < 4.78 is 11.2. The van der Waals surface area contributed by atoms with E-state index in [9.17, 15) is 0 Å². The van der Waals surface area contributed by atoms with E-state index in [2.05, 4.69) is 39.7 Å². The number of hydrogen-bond donors (Lipinski definition) is 2. The number of aliphatic imine (C=N–C) groups is 1. The number of aromatic nitrogens is 1. The second-order valence-electron chi connectivity index (χ2n) is 6.03. The molecule has 0 spiro atoms. The predicted octanol–water partition coefficient (Wildman–Crippen LogP) is 3.06. The van der Waals surface area contributed by atoms with Crippen molar-refractivity contribution in [1.29, 1.82) is 0 Å². The molecule has 2 N–H and O–H groups in total. The smallest absolute Gasteiger partial charge is 0.191 e. The van der Waals surface area contributed by atoms with E-state index in [0.717, 1.165) is 35.1 Å². The lowest BCUT2D eigenvalue weighted by Gasteiger charge is -2.13. The molecule has 1 aromatic heterocycles. The molecule has 1 aromatic carbocycles. The highest BCUT2D eigenvalue weighted by Crippen LogP contribution is 2.21. The molecule has 0 aliphatic carbocycles. The first-order valence-electron chi connectivity index (χ1n) is 9.45. The highest BCUT2D eigenvalue weighted by Gasteiger charge is 2.05. The Morgan fingerprint density at radius 3 is 2.74 bits per heavy atom. The maximum Gasteiger partial charge on any atom is 0.191 e. The van der Waals surface area contributed by atoms with Gasteiger partial charge < -0.3 is 20.1 Å². The number of nitrogens with one attached hydrogen (secondary N) is 2. The predicted molar refractivity (Wildman–Crippen MR) is 109 cm³/mol. The van der Waals surface area contributed by atoms with Crippen molar-refractivity contribution in [1.82, 2.24) is 15.6 Å². The topological polar surface area (TPSA) is 67.8 Å². The van der Waals surface area contributed by atoms with Crippen molar-refractivity contribution in [2.45, 2.75) is 33.9 Å². The van der Waals surface area contributed by atoms with Crippen LogP contribution >= 0.6 is 0 Å². The zero-order valence-corrected chi connectivity index (χ0v) is 16.5. The molecule has 0 bridgehead atoms. The largest absolute Gasteiger partial charge is 0.491 e. The Balaban J connectivity index is 2.00. The maximum atomic E-state index is 5.90. The number of nitrogens with zero attached hydrogens (tertiary/aromatic N) is 2. The van der Waals surface area contributed by atoms with Crippen LogP contribution in [0.4, 0.5) is 0 Å². The molecule has 27 heavy (non-hydrogen) atoms. The summed E-state index contributed by atoms with van der Waals surface area (Å²) in [4.78, 5) is 9.01. The second kappa shape index (κ2) is 11.9. The quantitative estimate of drug-likeness (QED) is 0.382. The second-order valence-corrected chi connectivity index (χ2v) is 6.03. The van der Waals surface area contributed by atoms with Crippen molar-refractivity contribution >= 4 is 5.96 Å². The van der Waals surface area contributed by atoms with Gasteiger partial charge in [-0.3, -0.25) is 4.98 Å². The lowest BCUT2D eigenvalue weighted by Crippen LogP contribution is -2.37. The van der Waals surface area contributed by atoms with Gasteiger partial charge in [0.05, 0.1) is 25.4 Å². The molecule has 6 heteroatoms. The van der Waals surface area contributed by atoms with Gasteiger partial charge in [0.25, 0.3) is 0 Å². The molecular weight excluding hydrogens is 340 g/mol. The van der Waals surface area contributed by atoms with Gasteiger partial charge in [0.2, 0.25) is 0 Å². The number of guanidine groups is 1. The van der Waals surface area contributed by atoms with E-state index >= 15 is 0 Å². The minimum absolute atomic E-state index is 0.530. The average molecular weight is 370 g/mol. The summed E-state index contributed by atoms with van der Waals surface area (Å²) in [5, 5.41) is 6.58. The lowest BCUT2D eigenvalue weighted by atomic mass is 10.1. The van der Waals surface area contributed by atoms with E-state index in [1.807, 2.05) is 38.1 Å². The van der Waals surface area contributed by atoms with Crippen LogP contribution in [0.1, 0.15) is 30.7 Å². The number of pyridine rings is 1. The van der Waals surface area contributed by atoms with Crippen LogP contribution < -0.4 is 15.4 Å². The van der Waals surface area contributed by atoms with Gasteiger partial charge in [-0.15, -0.1) is 0 Å². The van der Waals surface area contributed by atoms with Crippen molar-refractivity contribution in [2.75, 3.05) is 26.4 Å². The van der Waals surface area contributed by atoms with Crippen LogP contribution in [0.25, 0.3) is 0 Å². The number of aryl methyl sites for hydroxylation is 1. The molecule has 6 nitrogen and oxygen atoms in total. The van der Waals surface area contributed by atoms with E-state index in [1.165, 1.54) is 0 Å². The molecule has 2 aromatic rings. The Morgan fingerprint density at radius 2 is 2.00 bits per heavy atom. The number of benzene rings is 1. The Morgan fingerprint density at radius 1 is 1.11 bits per heavy atom. The summed E-state index contributed by atoms with van der Waals surface area (Å²) in [6.45, 7) is 9.84. The van der Waals surface area contributed by atoms with Gasteiger partial charge in [0.1, 0.15) is 12.4 Å². The molecule has 0 radical (unpaired) electrons. The third-order valence-electron chi connectivity index (χ3n) is 3.83. The van der Waals surface area contributed by atoms with Gasteiger partial charge in [-0.1, -0.05) is 18.2 Å². The van der Waals surface area contributed by atoms with E-state index < -0.39 is 0 Å². The molecule has 0 amide bonds. The van der Waals surface area contributed by atoms with E-state index in [1.54, 1.807) is 6.20 Å². The normalized spacial score (nSPS) is 11.3. The third-order valence-corrected chi connectivity index (χ3v) is 3.83. The third kappa shape index (κ3) is 7.66. The molecule has 0 atom stereocenters. The molecule has 146 valence electrons. The summed E-state index contributed by atoms with van der Waals surface area (Å²) in [7, 11) is 0. The number of rotatable bonds is 10. The summed E-state index contributed by atoms with van der Waals surface area (Å²) in [6.07, 6.45) is 1.79. The minimum Gasteiger partial charge on any atom is -0.491 e. The van der Waals surface area contributed by atoms with Gasteiger partial charge in [-0.25, -0.2) is 4.99 Å². The van der Waals surface area contributed by atoms with Gasteiger partial charge >= 0.3 is 0 Å². The van der Waals surface area contributed by atoms with E-state index in [0.29, 0.717) is 32.9 Å². The first kappa shape index (κ1) is 20.7. The highest BCUT2D eigenvalue weighted by atomic mass is 16.5. The first-order chi connectivity index (χ1) is 13.2. The highest BCUT2D eigenvalue weighted by molar-refractivity contribution is 5.79. The van der Waals surface area contributed by atoms with E-state index in [-0.39, 0.29) is 0 Å². The van der Waals surface area contributed by atoms with Crippen LogP contribution in [0.5, 0.6) is 5.75 Å². The minimum atomic E-state index is 0.530. The van der Waals surface area contributed by atoms with Crippen LogP contribution in [-0.2, 0) is 17.8 Å². The van der Waals surface area contributed by atoms with Crippen LogP contribution in [0.3, 0.4) is 0 Å². The maximum absolute atomic E-state index is 5.90. The molecule has 2 rings (SSSR count). The average Bonchev–Trinajstić information content (AvgIpc) is 2.69. The Kier molecular flexibility index (Phi) is 9.13. The molecule has 0 fully saturated rings. The summed E-state index contributed by atoms with van der Waals surface area (Å²) in [5.41, 5.74) is 3.18. The fraction of sp³-hybridized carbons (Fsp3) is 0.429. The molecule has 0 saturated heterocycles. The van der Waals surface area contributed by atoms with Crippen LogP contribution in [0.15, 0.2) is 47.6 Å². The van der Waals surface area contributed by atoms with Gasteiger partial charge in [0, 0.05) is 24.9 Å². The van der Waals surface area contributed by atoms with Gasteiger partial charge in [-0.2, -0.15) is 0 Å². The molecule has 0 saturated carbocycles. The van der Waals surface area contributed by atoms with Crippen molar-refractivity contribution in [3.63, 3.8) is 0 Å². The molecule has 1 heterocycles. The zero-order chi connectivity index (χ0) is 19.3. The van der Waals surface area contributed by atoms with Crippen LogP contribution in [-0.4, -0.2) is 37.3 Å². The Bertz CT molecular complexity index is 705. The fourth-order valence-electron chi connectivity index (χ4n) is 2.46. The van der Waals surface area contributed by atoms with Crippen molar-refractivity contribution in [3.8, 4) is 5.75 Å².